The topological polar surface area (TPSA) is 6.48 Å². The minimum atomic E-state index is 0.703. The molecule has 0 N–H and O–H groups in total. The molecule has 2 unspecified atom stereocenters. The summed E-state index contributed by atoms with van der Waals surface area (Å²) in [5.41, 5.74) is 3.16. The van der Waals surface area contributed by atoms with Crippen LogP contribution in [0.4, 0.5) is 0 Å². The molecule has 3 aliphatic rings. The van der Waals surface area contributed by atoms with E-state index in [1.165, 1.54) is 38.9 Å². The van der Waals surface area contributed by atoms with Gasteiger partial charge in [0.2, 0.25) is 0 Å². The quantitative estimate of drug-likeness (QED) is 0.787. The first kappa shape index (κ1) is 12.2. The van der Waals surface area contributed by atoms with Gasteiger partial charge in [0.15, 0.2) is 0 Å². The summed E-state index contributed by atoms with van der Waals surface area (Å²) in [4.78, 5) is 5.30. The van der Waals surface area contributed by atoms with E-state index in [0.717, 1.165) is 0 Å². The van der Waals surface area contributed by atoms with E-state index in [2.05, 4.69) is 48.0 Å². The molecule has 0 radical (unpaired) electrons. The molecule has 1 fully saturated rings. The first-order chi connectivity index (χ1) is 8.78. The minimum absolute atomic E-state index is 0.703. The molecule has 18 heavy (non-hydrogen) atoms. The van der Waals surface area contributed by atoms with E-state index in [4.69, 9.17) is 0 Å². The highest BCUT2D eigenvalue weighted by molar-refractivity contribution is 5.30. The Hall–Kier alpha value is -0.860. The first-order valence-corrected chi connectivity index (χ1v) is 7.29. The Morgan fingerprint density at radius 3 is 2.39 bits per heavy atom. The van der Waals surface area contributed by atoms with Crippen LogP contribution < -0.4 is 0 Å². The van der Waals surface area contributed by atoms with Crippen molar-refractivity contribution in [2.75, 3.05) is 26.7 Å². The number of hydrogen-bond acceptors (Lipinski definition) is 2. The summed E-state index contributed by atoms with van der Waals surface area (Å²) in [5, 5.41) is 0. The summed E-state index contributed by atoms with van der Waals surface area (Å²) in [6.45, 7) is 6.05. The molecular formula is C16H24N2. The molecule has 98 valence electrons. The summed E-state index contributed by atoms with van der Waals surface area (Å²) in [6.07, 6.45) is 3.72. The summed E-state index contributed by atoms with van der Waals surface area (Å²) < 4.78 is 0. The van der Waals surface area contributed by atoms with Crippen LogP contribution in [0.2, 0.25) is 0 Å². The van der Waals surface area contributed by atoms with Gasteiger partial charge in [-0.1, -0.05) is 31.2 Å². The minimum Gasteiger partial charge on any atom is -0.300 e. The number of benzene rings is 1. The van der Waals surface area contributed by atoms with E-state index in [1.54, 1.807) is 11.1 Å². The molecule has 3 aliphatic heterocycles. The number of hydrogen-bond donors (Lipinski definition) is 0. The van der Waals surface area contributed by atoms with Crippen LogP contribution in [-0.2, 0) is 12.8 Å². The highest BCUT2D eigenvalue weighted by atomic mass is 15.3. The maximum absolute atomic E-state index is 2.72. The summed E-state index contributed by atoms with van der Waals surface area (Å²) >= 11 is 0. The van der Waals surface area contributed by atoms with Gasteiger partial charge in [-0.05, 0) is 44.0 Å². The molecule has 0 amide bonds. The van der Waals surface area contributed by atoms with Crippen LogP contribution in [-0.4, -0.2) is 48.6 Å². The molecule has 2 heteroatoms. The van der Waals surface area contributed by atoms with Crippen LogP contribution in [0.1, 0.15) is 24.5 Å². The molecule has 4 rings (SSSR count). The highest BCUT2D eigenvalue weighted by Crippen LogP contribution is 2.26. The lowest BCUT2D eigenvalue weighted by molar-refractivity contribution is 0.0400. The summed E-state index contributed by atoms with van der Waals surface area (Å²) in [5.74, 6) is 0. The molecule has 2 atom stereocenters. The fourth-order valence-electron chi connectivity index (χ4n) is 3.59. The molecule has 0 aromatic heterocycles. The van der Waals surface area contributed by atoms with Crippen molar-refractivity contribution in [3.8, 4) is 0 Å². The second-order valence-corrected chi connectivity index (χ2v) is 5.92. The number of fused-ring (bicyclic) bond motifs is 2. The third kappa shape index (κ3) is 2.19. The second kappa shape index (κ2) is 5.02. The SMILES string of the molecule is CCCN1CC2Cc3ccccc3CC1CN2C. The molecule has 3 heterocycles. The van der Waals surface area contributed by atoms with Gasteiger partial charge in [0.25, 0.3) is 0 Å². The smallest absolute Gasteiger partial charge is 0.0264 e. The summed E-state index contributed by atoms with van der Waals surface area (Å²) in [7, 11) is 2.30. The predicted octanol–water partition coefficient (Wildman–Crippen LogP) is 2.18. The van der Waals surface area contributed by atoms with E-state index >= 15 is 0 Å². The predicted molar refractivity (Wildman–Crippen MR) is 75.9 cm³/mol. The number of piperazine rings is 1. The molecule has 0 saturated carbocycles. The van der Waals surface area contributed by atoms with Crippen molar-refractivity contribution in [1.82, 2.24) is 9.80 Å². The van der Waals surface area contributed by atoms with Gasteiger partial charge in [-0.3, -0.25) is 4.90 Å². The van der Waals surface area contributed by atoms with E-state index < -0.39 is 0 Å². The van der Waals surface area contributed by atoms with E-state index in [1.807, 2.05) is 0 Å². The van der Waals surface area contributed by atoms with Gasteiger partial charge in [-0.25, -0.2) is 0 Å². The Kier molecular flexibility index (Phi) is 3.40. The zero-order chi connectivity index (χ0) is 12.5. The number of likely N-dealkylation sites (N-methyl/N-ethyl adjacent to an activating group) is 1. The van der Waals surface area contributed by atoms with Crippen molar-refractivity contribution in [2.24, 2.45) is 0 Å². The zero-order valence-corrected chi connectivity index (χ0v) is 11.6. The first-order valence-electron chi connectivity index (χ1n) is 7.29. The molecule has 1 aromatic carbocycles. The number of rotatable bonds is 2. The Balaban J connectivity index is 1.91. The fourth-order valence-corrected chi connectivity index (χ4v) is 3.59. The van der Waals surface area contributed by atoms with Gasteiger partial charge in [-0.2, -0.15) is 0 Å². The van der Waals surface area contributed by atoms with Crippen LogP contribution in [0.3, 0.4) is 0 Å². The monoisotopic (exact) mass is 244 g/mol. The molecule has 2 nitrogen and oxygen atoms in total. The lowest BCUT2D eigenvalue weighted by atomic mass is 9.88. The van der Waals surface area contributed by atoms with Gasteiger partial charge < -0.3 is 4.90 Å². The Morgan fingerprint density at radius 2 is 1.72 bits per heavy atom. The van der Waals surface area contributed by atoms with E-state index in [9.17, 15) is 0 Å². The lowest BCUT2D eigenvalue weighted by Crippen LogP contribution is -2.59. The maximum atomic E-state index is 2.72. The van der Waals surface area contributed by atoms with Crippen LogP contribution in [0, 0.1) is 0 Å². The lowest BCUT2D eigenvalue weighted by Gasteiger charge is -2.47. The maximum Gasteiger partial charge on any atom is 0.0264 e. The third-order valence-electron chi connectivity index (χ3n) is 4.62. The van der Waals surface area contributed by atoms with Gasteiger partial charge >= 0.3 is 0 Å². The van der Waals surface area contributed by atoms with E-state index in [-0.39, 0.29) is 0 Å². The van der Waals surface area contributed by atoms with Crippen molar-refractivity contribution >= 4 is 0 Å². The molecule has 0 spiro atoms. The Labute approximate surface area is 111 Å². The van der Waals surface area contributed by atoms with Crippen molar-refractivity contribution < 1.29 is 0 Å². The molecule has 0 aliphatic carbocycles. The highest BCUT2D eigenvalue weighted by Gasteiger charge is 2.34. The summed E-state index contributed by atoms with van der Waals surface area (Å²) in [6, 6.07) is 10.5. The van der Waals surface area contributed by atoms with Crippen molar-refractivity contribution in [2.45, 2.75) is 38.3 Å². The molecule has 1 saturated heterocycles. The third-order valence-corrected chi connectivity index (χ3v) is 4.62. The average Bonchev–Trinajstić information content (AvgIpc) is 2.34. The van der Waals surface area contributed by atoms with Gasteiger partial charge in [0, 0.05) is 25.2 Å². The van der Waals surface area contributed by atoms with E-state index in [0.29, 0.717) is 12.1 Å². The van der Waals surface area contributed by atoms with Crippen molar-refractivity contribution in [3.05, 3.63) is 35.4 Å². The van der Waals surface area contributed by atoms with Crippen LogP contribution in [0.25, 0.3) is 0 Å². The Bertz CT molecular complexity index is 415. The average molecular weight is 244 g/mol. The number of nitrogens with zero attached hydrogens (tertiary/aromatic N) is 2. The standard InChI is InChI=1S/C16H24N2/c1-3-8-18-12-15-9-13-6-4-5-7-14(13)10-16(18)11-17(15)2/h4-7,15-16H,3,8-12H2,1-2H3. The van der Waals surface area contributed by atoms with Gasteiger partial charge in [0.1, 0.15) is 0 Å². The van der Waals surface area contributed by atoms with Crippen LogP contribution >= 0.6 is 0 Å². The van der Waals surface area contributed by atoms with Crippen LogP contribution in [0.15, 0.2) is 24.3 Å². The fraction of sp³-hybridized carbons (Fsp3) is 0.625. The van der Waals surface area contributed by atoms with Crippen molar-refractivity contribution in [1.29, 1.82) is 0 Å². The largest absolute Gasteiger partial charge is 0.300 e. The molecule has 1 aromatic rings. The molecular weight excluding hydrogens is 220 g/mol. The van der Waals surface area contributed by atoms with Gasteiger partial charge in [-0.15, -0.1) is 0 Å². The van der Waals surface area contributed by atoms with Crippen LogP contribution in [0.5, 0.6) is 0 Å². The molecule has 2 bridgehead atoms. The zero-order valence-electron chi connectivity index (χ0n) is 11.6. The second-order valence-electron chi connectivity index (χ2n) is 5.92. The normalized spacial score (nSPS) is 28.8. The van der Waals surface area contributed by atoms with Gasteiger partial charge in [0.05, 0.1) is 0 Å². The van der Waals surface area contributed by atoms with Crippen molar-refractivity contribution in [3.63, 3.8) is 0 Å². The Morgan fingerprint density at radius 1 is 1.06 bits per heavy atom.